The van der Waals surface area contributed by atoms with Gasteiger partial charge in [0.2, 0.25) is 0 Å². The summed E-state index contributed by atoms with van der Waals surface area (Å²) in [7, 11) is 0. The highest BCUT2D eigenvalue weighted by atomic mass is 79.9. The van der Waals surface area contributed by atoms with Crippen LogP contribution in [0.25, 0.3) is 0 Å². The molecule has 0 bridgehead atoms. The number of aromatic nitrogens is 1. The van der Waals surface area contributed by atoms with E-state index in [0.717, 1.165) is 14.4 Å². The summed E-state index contributed by atoms with van der Waals surface area (Å²) in [5, 5.41) is 0.633. The predicted octanol–water partition coefficient (Wildman–Crippen LogP) is 3.78. The summed E-state index contributed by atoms with van der Waals surface area (Å²) in [6, 6.07) is 8.33. The number of thioether (sulfide) groups is 1. The zero-order chi connectivity index (χ0) is 10.7. The van der Waals surface area contributed by atoms with E-state index in [0.29, 0.717) is 5.13 Å². The van der Waals surface area contributed by atoms with Gasteiger partial charge < -0.3 is 5.73 Å². The molecular weight excluding hydrogens is 292 g/mol. The van der Waals surface area contributed by atoms with Gasteiger partial charge in [0, 0.05) is 10.2 Å². The third kappa shape index (κ3) is 3.22. The van der Waals surface area contributed by atoms with Crippen LogP contribution in [-0.2, 0) is 5.75 Å². The van der Waals surface area contributed by atoms with Gasteiger partial charge in [-0.3, -0.25) is 0 Å². The quantitative estimate of drug-likeness (QED) is 0.877. The third-order valence-electron chi connectivity index (χ3n) is 1.80. The van der Waals surface area contributed by atoms with Crippen LogP contribution in [0.3, 0.4) is 0 Å². The second kappa shape index (κ2) is 5.01. The molecule has 2 N–H and O–H groups in total. The Balaban J connectivity index is 1.96. The van der Waals surface area contributed by atoms with Gasteiger partial charge in [-0.05, 0) is 17.7 Å². The molecular formula is C10H9BrN2S2. The topological polar surface area (TPSA) is 38.9 Å². The molecule has 2 aromatic rings. The van der Waals surface area contributed by atoms with Crippen molar-refractivity contribution in [1.82, 2.24) is 4.98 Å². The molecule has 0 amide bonds. The highest BCUT2D eigenvalue weighted by Crippen LogP contribution is 2.29. The van der Waals surface area contributed by atoms with Gasteiger partial charge in [0.15, 0.2) is 5.13 Å². The number of nitrogens with two attached hydrogens (primary N) is 1. The first-order chi connectivity index (χ1) is 7.24. The zero-order valence-corrected chi connectivity index (χ0v) is 11.0. The Bertz CT molecular complexity index is 439. The van der Waals surface area contributed by atoms with Gasteiger partial charge in [0.1, 0.15) is 0 Å². The number of nitrogens with zero attached hydrogens (tertiary/aromatic N) is 1. The lowest BCUT2D eigenvalue weighted by Gasteiger charge is -1.98. The van der Waals surface area contributed by atoms with Crippen LogP contribution in [0.4, 0.5) is 5.13 Å². The van der Waals surface area contributed by atoms with Crippen LogP contribution in [0.1, 0.15) is 5.56 Å². The molecule has 0 aliphatic heterocycles. The van der Waals surface area contributed by atoms with Crippen LogP contribution in [0, 0.1) is 0 Å². The summed E-state index contributed by atoms with van der Waals surface area (Å²) in [6.45, 7) is 0. The highest BCUT2D eigenvalue weighted by Gasteiger charge is 2.00. The van der Waals surface area contributed by atoms with Crippen molar-refractivity contribution in [3.05, 3.63) is 40.5 Å². The van der Waals surface area contributed by atoms with E-state index >= 15 is 0 Å². The molecule has 0 radical (unpaired) electrons. The van der Waals surface area contributed by atoms with E-state index in [-0.39, 0.29) is 0 Å². The molecule has 5 heteroatoms. The van der Waals surface area contributed by atoms with Gasteiger partial charge in [-0.25, -0.2) is 4.98 Å². The maximum Gasteiger partial charge on any atom is 0.181 e. The second-order valence-corrected chi connectivity index (χ2v) is 6.19. The molecule has 2 nitrogen and oxygen atoms in total. The van der Waals surface area contributed by atoms with Crippen molar-refractivity contribution in [2.45, 2.75) is 9.96 Å². The number of benzene rings is 1. The third-order valence-corrected chi connectivity index (χ3v) is 4.42. The summed E-state index contributed by atoms with van der Waals surface area (Å²) < 4.78 is 2.27. The number of thiazole rings is 1. The van der Waals surface area contributed by atoms with Gasteiger partial charge in [0.25, 0.3) is 0 Å². The van der Waals surface area contributed by atoms with E-state index in [1.54, 1.807) is 11.8 Å². The van der Waals surface area contributed by atoms with Crippen molar-refractivity contribution >= 4 is 44.2 Å². The molecule has 0 saturated carbocycles. The van der Waals surface area contributed by atoms with E-state index in [2.05, 4.69) is 45.2 Å². The van der Waals surface area contributed by atoms with Crippen molar-refractivity contribution in [3.8, 4) is 0 Å². The molecule has 1 heterocycles. The number of hydrogen-bond acceptors (Lipinski definition) is 4. The number of rotatable bonds is 3. The van der Waals surface area contributed by atoms with Crippen LogP contribution >= 0.6 is 39.0 Å². The van der Waals surface area contributed by atoms with Gasteiger partial charge in [-0.2, -0.15) is 0 Å². The lowest BCUT2D eigenvalue weighted by atomic mass is 10.2. The molecule has 0 aliphatic rings. The molecule has 0 aliphatic carbocycles. The molecule has 0 saturated heterocycles. The average molecular weight is 301 g/mol. The van der Waals surface area contributed by atoms with E-state index < -0.39 is 0 Å². The number of halogens is 1. The van der Waals surface area contributed by atoms with Gasteiger partial charge in [-0.1, -0.05) is 39.4 Å². The van der Waals surface area contributed by atoms with Crippen molar-refractivity contribution in [3.63, 3.8) is 0 Å². The van der Waals surface area contributed by atoms with Crippen LogP contribution in [0.15, 0.2) is 39.1 Å². The van der Waals surface area contributed by atoms with E-state index in [1.807, 2.05) is 6.20 Å². The van der Waals surface area contributed by atoms with Crippen LogP contribution in [-0.4, -0.2) is 4.98 Å². The monoisotopic (exact) mass is 300 g/mol. The Kier molecular flexibility index (Phi) is 3.66. The summed E-state index contributed by atoms with van der Waals surface area (Å²) in [4.78, 5) is 4.01. The Labute approximate surface area is 105 Å². The Morgan fingerprint density at radius 1 is 1.33 bits per heavy atom. The van der Waals surface area contributed by atoms with E-state index in [1.165, 1.54) is 16.9 Å². The van der Waals surface area contributed by atoms with Crippen molar-refractivity contribution < 1.29 is 0 Å². The Morgan fingerprint density at radius 3 is 2.67 bits per heavy atom. The SMILES string of the molecule is Nc1ncc(SCc2ccc(Br)cc2)s1. The zero-order valence-electron chi connectivity index (χ0n) is 7.81. The van der Waals surface area contributed by atoms with Gasteiger partial charge >= 0.3 is 0 Å². The van der Waals surface area contributed by atoms with Gasteiger partial charge in [0.05, 0.1) is 10.4 Å². The minimum Gasteiger partial charge on any atom is -0.375 e. The predicted molar refractivity (Wildman–Crippen MR) is 70.2 cm³/mol. The summed E-state index contributed by atoms with van der Waals surface area (Å²) in [6.07, 6.45) is 1.82. The maximum absolute atomic E-state index is 5.56. The first-order valence-corrected chi connectivity index (χ1v) is 6.92. The summed E-state index contributed by atoms with van der Waals surface area (Å²) in [5.74, 6) is 0.953. The van der Waals surface area contributed by atoms with Gasteiger partial charge in [-0.15, -0.1) is 11.8 Å². The largest absolute Gasteiger partial charge is 0.375 e. The van der Waals surface area contributed by atoms with Crippen molar-refractivity contribution in [1.29, 1.82) is 0 Å². The van der Waals surface area contributed by atoms with Crippen molar-refractivity contribution in [2.24, 2.45) is 0 Å². The first-order valence-electron chi connectivity index (χ1n) is 4.32. The van der Waals surface area contributed by atoms with Crippen molar-refractivity contribution in [2.75, 3.05) is 5.73 Å². The Hall–Kier alpha value is -0.520. The van der Waals surface area contributed by atoms with E-state index in [4.69, 9.17) is 5.73 Å². The minimum atomic E-state index is 0.633. The highest BCUT2D eigenvalue weighted by molar-refractivity contribution is 9.10. The molecule has 1 aromatic carbocycles. The first kappa shape index (κ1) is 11.0. The molecule has 78 valence electrons. The Morgan fingerprint density at radius 2 is 2.07 bits per heavy atom. The fourth-order valence-corrected chi connectivity index (χ4v) is 3.05. The molecule has 15 heavy (non-hydrogen) atoms. The molecule has 0 atom stereocenters. The summed E-state index contributed by atoms with van der Waals surface area (Å²) in [5.41, 5.74) is 6.86. The summed E-state index contributed by atoms with van der Waals surface area (Å²) >= 11 is 6.70. The van der Waals surface area contributed by atoms with Crippen LogP contribution in [0.2, 0.25) is 0 Å². The minimum absolute atomic E-state index is 0.633. The normalized spacial score (nSPS) is 10.5. The molecule has 0 fully saturated rings. The van der Waals surface area contributed by atoms with Crippen LogP contribution < -0.4 is 5.73 Å². The maximum atomic E-state index is 5.56. The number of anilines is 1. The fraction of sp³-hybridized carbons (Fsp3) is 0.100. The molecule has 0 spiro atoms. The smallest absolute Gasteiger partial charge is 0.181 e. The molecule has 2 rings (SSSR count). The van der Waals surface area contributed by atoms with Crippen LogP contribution in [0.5, 0.6) is 0 Å². The number of nitrogen functional groups attached to an aromatic ring is 1. The second-order valence-electron chi connectivity index (χ2n) is 2.93. The fourth-order valence-electron chi connectivity index (χ4n) is 1.07. The number of hydrogen-bond donors (Lipinski definition) is 1. The standard InChI is InChI=1S/C10H9BrN2S2/c11-8-3-1-7(2-4-8)6-14-9-5-13-10(12)15-9/h1-5H,6H2,(H2,12,13). The lowest BCUT2D eigenvalue weighted by Crippen LogP contribution is -1.78. The lowest BCUT2D eigenvalue weighted by molar-refractivity contribution is 1.36. The molecule has 0 unspecified atom stereocenters. The molecule has 1 aromatic heterocycles. The average Bonchev–Trinajstić information content (AvgIpc) is 2.64. The van der Waals surface area contributed by atoms with E-state index in [9.17, 15) is 0 Å².